The number of carbonyl (C=O) groups excluding carboxylic acids is 1. The van der Waals surface area contributed by atoms with E-state index >= 15 is 0 Å². The van der Waals surface area contributed by atoms with Crippen molar-refractivity contribution in [3.05, 3.63) is 12.2 Å². The summed E-state index contributed by atoms with van der Waals surface area (Å²) in [5.74, 6) is -0.447. The molecule has 1 saturated heterocycles. The minimum absolute atomic E-state index is 0.245. The van der Waals surface area contributed by atoms with E-state index in [2.05, 4.69) is 20.5 Å². The van der Waals surface area contributed by atoms with Crippen molar-refractivity contribution in [1.29, 1.82) is 0 Å². The fraction of sp³-hybridized carbons (Fsp3) is 0.636. The molecule has 1 aromatic heterocycles. The van der Waals surface area contributed by atoms with Crippen LogP contribution in [0.4, 0.5) is 4.79 Å². The largest absolute Gasteiger partial charge is 0.480 e. The van der Waals surface area contributed by atoms with Crippen molar-refractivity contribution in [3.63, 3.8) is 0 Å². The van der Waals surface area contributed by atoms with Crippen LogP contribution in [-0.4, -0.2) is 62.5 Å². The highest BCUT2D eigenvalue weighted by molar-refractivity contribution is 5.76. The van der Waals surface area contributed by atoms with Gasteiger partial charge in [-0.15, -0.1) is 0 Å². The number of aromatic amines is 1. The summed E-state index contributed by atoms with van der Waals surface area (Å²) in [5, 5.41) is 17.7. The molecule has 1 unspecified atom stereocenters. The van der Waals surface area contributed by atoms with Crippen LogP contribution < -0.4 is 5.32 Å². The highest BCUT2D eigenvalue weighted by atomic mass is 16.5. The van der Waals surface area contributed by atoms with E-state index in [1.165, 1.54) is 6.33 Å². The monoisotopic (exact) mass is 283 g/mol. The van der Waals surface area contributed by atoms with E-state index in [1.807, 2.05) is 0 Å². The van der Waals surface area contributed by atoms with Crippen molar-refractivity contribution < 1.29 is 19.4 Å². The lowest BCUT2D eigenvalue weighted by Crippen LogP contribution is -2.65. The van der Waals surface area contributed by atoms with Crippen LogP contribution in [0, 0.1) is 0 Å². The first-order chi connectivity index (χ1) is 9.39. The van der Waals surface area contributed by atoms with Gasteiger partial charge in [0.05, 0.1) is 19.1 Å². The summed E-state index contributed by atoms with van der Waals surface area (Å²) in [5.41, 5.74) is -0.592. The van der Waals surface area contributed by atoms with Crippen molar-refractivity contribution in [3.8, 4) is 0 Å². The van der Waals surface area contributed by atoms with Gasteiger partial charge in [0.2, 0.25) is 0 Å². The summed E-state index contributed by atoms with van der Waals surface area (Å²) in [6.07, 6.45) is 1.37. The Morgan fingerprint density at radius 3 is 2.90 bits per heavy atom. The molecular formula is C11H17N5O4. The Labute approximate surface area is 115 Å². The van der Waals surface area contributed by atoms with Gasteiger partial charge in [-0.25, -0.2) is 14.6 Å². The van der Waals surface area contributed by atoms with Gasteiger partial charge in [-0.1, -0.05) is 0 Å². The molecule has 2 heterocycles. The van der Waals surface area contributed by atoms with Crippen molar-refractivity contribution in [2.75, 3.05) is 19.7 Å². The predicted octanol–water partition coefficient (Wildman–Crippen LogP) is -0.249. The van der Waals surface area contributed by atoms with E-state index in [1.54, 1.807) is 18.7 Å². The number of carboxylic acid groups (broad SMARTS) is 1. The Bertz CT molecular complexity index is 483. The van der Waals surface area contributed by atoms with Crippen LogP contribution in [-0.2, 0) is 9.53 Å². The third kappa shape index (κ3) is 3.23. The Balaban J connectivity index is 1.77. The number of nitrogens with one attached hydrogen (secondary N) is 2. The van der Waals surface area contributed by atoms with E-state index in [9.17, 15) is 9.59 Å². The first-order valence-corrected chi connectivity index (χ1v) is 6.16. The van der Waals surface area contributed by atoms with Crippen LogP contribution >= 0.6 is 0 Å². The summed E-state index contributed by atoms with van der Waals surface area (Å²) >= 11 is 0. The first-order valence-electron chi connectivity index (χ1n) is 6.16. The molecular weight excluding hydrogens is 266 g/mol. The maximum Gasteiger partial charge on any atom is 0.329 e. The van der Waals surface area contributed by atoms with Crippen LogP contribution in [0.5, 0.6) is 0 Å². The molecule has 2 rings (SSSR count). The number of aromatic nitrogens is 3. The molecule has 2 amide bonds. The number of ether oxygens (including phenoxy) is 1. The van der Waals surface area contributed by atoms with Crippen LogP contribution in [0.1, 0.15) is 25.7 Å². The average Bonchev–Trinajstić information content (AvgIpc) is 2.86. The van der Waals surface area contributed by atoms with Crippen LogP contribution in [0.3, 0.4) is 0 Å². The molecule has 1 fully saturated rings. The summed E-state index contributed by atoms with van der Waals surface area (Å²) in [4.78, 5) is 27.9. The SMILES string of the molecule is CC(NC(=O)N1CC(C)(OCC(=O)O)C1)c1ncn[nH]1. The van der Waals surface area contributed by atoms with Gasteiger partial charge in [0.15, 0.2) is 0 Å². The van der Waals surface area contributed by atoms with E-state index in [0.717, 1.165) is 0 Å². The second-order valence-corrected chi connectivity index (χ2v) is 5.03. The number of hydrogen-bond acceptors (Lipinski definition) is 5. The molecule has 1 aliphatic rings. The molecule has 3 N–H and O–H groups in total. The van der Waals surface area contributed by atoms with E-state index in [0.29, 0.717) is 18.9 Å². The summed E-state index contributed by atoms with van der Waals surface area (Å²) < 4.78 is 5.23. The van der Waals surface area contributed by atoms with Gasteiger partial charge < -0.3 is 20.1 Å². The first kappa shape index (κ1) is 14.3. The predicted molar refractivity (Wildman–Crippen MR) is 66.9 cm³/mol. The second kappa shape index (κ2) is 5.45. The van der Waals surface area contributed by atoms with Gasteiger partial charge in [0, 0.05) is 0 Å². The number of hydrogen-bond donors (Lipinski definition) is 3. The van der Waals surface area contributed by atoms with Crippen LogP contribution in [0.25, 0.3) is 0 Å². The number of rotatable bonds is 5. The molecule has 0 spiro atoms. The fourth-order valence-corrected chi connectivity index (χ4v) is 2.00. The van der Waals surface area contributed by atoms with Gasteiger partial charge in [-0.05, 0) is 13.8 Å². The van der Waals surface area contributed by atoms with E-state index in [4.69, 9.17) is 9.84 Å². The van der Waals surface area contributed by atoms with Crippen LogP contribution in [0.15, 0.2) is 6.33 Å². The lowest BCUT2D eigenvalue weighted by molar-refractivity contribution is -0.159. The molecule has 0 aliphatic carbocycles. The van der Waals surface area contributed by atoms with Crippen LogP contribution in [0.2, 0.25) is 0 Å². The number of amides is 2. The Kier molecular flexibility index (Phi) is 3.89. The maximum absolute atomic E-state index is 11.9. The smallest absolute Gasteiger partial charge is 0.329 e. The Hall–Kier alpha value is -2.16. The molecule has 9 heteroatoms. The zero-order valence-electron chi connectivity index (χ0n) is 11.3. The van der Waals surface area contributed by atoms with Gasteiger partial charge >= 0.3 is 12.0 Å². The topological polar surface area (TPSA) is 120 Å². The summed E-state index contributed by atoms with van der Waals surface area (Å²) in [6, 6.07) is -0.526. The molecule has 1 aromatic rings. The highest BCUT2D eigenvalue weighted by Gasteiger charge is 2.43. The van der Waals surface area contributed by atoms with Crippen molar-refractivity contribution in [1.82, 2.24) is 25.4 Å². The lowest BCUT2D eigenvalue weighted by Gasteiger charge is -2.47. The normalized spacial score (nSPS) is 18.2. The minimum Gasteiger partial charge on any atom is -0.480 e. The van der Waals surface area contributed by atoms with Gasteiger partial charge in [-0.2, -0.15) is 5.10 Å². The quantitative estimate of drug-likeness (QED) is 0.685. The molecule has 9 nitrogen and oxygen atoms in total. The number of carbonyl (C=O) groups is 2. The minimum atomic E-state index is -1.02. The average molecular weight is 283 g/mol. The molecule has 1 atom stereocenters. The third-order valence-electron chi connectivity index (χ3n) is 3.07. The van der Waals surface area contributed by atoms with E-state index in [-0.39, 0.29) is 18.7 Å². The Morgan fingerprint density at radius 1 is 1.65 bits per heavy atom. The molecule has 20 heavy (non-hydrogen) atoms. The van der Waals surface area contributed by atoms with Crippen molar-refractivity contribution >= 4 is 12.0 Å². The Morgan fingerprint density at radius 2 is 2.35 bits per heavy atom. The molecule has 0 aromatic carbocycles. The number of urea groups is 1. The highest BCUT2D eigenvalue weighted by Crippen LogP contribution is 2.24. The third-order valence-corrected chi connectivity index (χ3v) is 3.07. The molecule has 110 valence electrons. The maximum atomic E-state index is 11.9. The number of carboxylic acids is 1. The number of likely N-dealkylation sites (tertiary alicyclic amines) is 1. The van der Waals surface area contributed by atoms with Gasteiger partial charge in [0.1, 0.15) is 24.4 Å². The van der Waals surface area contributed by atoms with Crippen molar-refractivity contribution in [2.24, 2.45) is 0 Å². The molecule has 0 radical (unpaired) electrons. The zero-order valence-corrected chi connectivity index (χ0v) is 11.3. The second-order valence-electron chi connectivity index (χ2n) is 5.03. The molecule has 0 saturated carbocycles. The summed E-state index contributed by atoms with van der Waals surface area (Å²) in [6.45, 7) is 3.92. The summed E-state index contributed by atoms with van der Waals surface area (Å²) in [7, 11) is 0. The molecule has 0 bridgehead atoms. The number of aliphatic carboxylic acids is 1. The number of nitrogens with zero attached hydrogens (tertiary/aromatic N) is 3. The van der Waals surface area contributed by atoms with E-state index < -0.39 is 11.6 Å². The van der Waals surface area contributed by atoms with Gasteiger partial charge in [-0.3, -0.25) is 5.10 Å². The standard InChI is InChI=1S/C11H17N5O4/c1-7(9-12-6-13-15-9)14-10(19)16-4-11(2,5-16)20-3-8(17)18/h6-7H,3-5H2,1-2H3,(H,14,19)(H,17,18)(H,12,13,15). The van der Waals surface area contributed by atoms with Crippen molar-refractivity contribution in [2.45, 2.75) is 25.5 Å². The van der Waals surface area contributed by atoms with Gasteiger partial charge in [0.25, 0.3) is 0 Å². The number of H-pyrrole nitrogens is 1. The zero-order chi connectivity index (χ0) is 14.8. The lowest BCUT2D eigenvalue weighted by atomic mass is 9.97. The fourth-order valence-electron chi connectivity index (χ4n) is 2.00. The molecule has 1 aliphatic heterocycles.